The maximum absolute atomic E-state index is 12.5. The summed E-state index contributed by atoms with van der Waals surface area (Å²) in [5.74, 6) is -2.91. The predicted molar refractivity (Wildman–Crippen MR) is 179 cm³/mol. The third-order valence-electron chi connectivity index (χ3n) is 7.11. The molecule has 0 atom stereocenters. The summed E-state index contributed by atoms with van der Waals surface area (Å²) in [5.41, 5.74) is -1.59. The Bertz CT molecular complexity index is 2610. The molecule has 0 saturated heterocycles. The van der Waals surface area contributed by atoms with Gasteiger partial charge >= 0.3 is 76.5 Å². The summed E-state index contributed by atoms with van der Waals surface area (Å²) in [7, 11) is -5.02. The Balaban J connectivity index is 0.000000367. The van der Waals surface area contributed by atoms with Crippen LogP contribution >= 0.6 is 11.6 Å². The minimum absolute atomic E-state index is 0. The molecule has 24 heteroatoms. The first-order chi connectivity index (χ1) is 25.1. The fourth-order valence-electron chi connectivity index (χ4n) is 4.59. The molecule has 1 N–H and O–H groups in total. The molecule has 0 saturated carbocycles. The number of hydrogen-bond acceptors (Lipinski definition) is 15. The summed E-state index contributed by atoms with van der Waals surface area (Å²) in [6, 6.07) is 20.4. The molecule has 0 aliphatic heterocycles. The number of para-hydroxylation sites is 1. The van der Waals surface area contributed by atoms with Gasteiger partial charge in [0.1, 0.15) is 5.69 Å². The van der Waals surface area contributed by atoms with Gasteiger partial charge in [0, 0.05) is 35.5 Å². The molecule has 0 aliphatic rings. The van der Waals surface area contributed by atoms with Crippen LogP contribution in [0.1, 0.15) is 5.69 Å². The van der Waals surface area contributed by atoms with Crippen molar-refractivity contribution in [2.45, 2.75) is 11.8 Å². The van der Waals surface area contributed by atoms with E-state index >= 15 is 0 Å². The standard InChI is InChI=1S/C16H12ClN5O4.C16H11N3O7S.Cr.2Na/c1-9-15(16(24)21(20-9)13-5-3-2-4-11(13)17)19-18-12-8-10(22(25)26)6-7-14(12)23;20-13-6-5-9-3-1-2-4-11(9)15(13)18-17-12-7-10(19(22)23)8-14(16(12)21)27(24,25)26;;;/h2-8,23-24H,1H3;1-8,20-21H,(H,24,25,26);;;/q;;+3;2*+1/p-4. The molecule has 1 aromatic heterocycles. The zero-order chi connectivity index (χ0) is 38.6. The van der Waals surface area contributed by atoms with Crippen molar-refractivity contribution in [2.75, 3.05) is 0 Å². The second kappa shape index (κ2) is 20.1. The van der Waals surface area contributed by atoms with Crippen LogP contribution in [0.4, 0.5) is 34.1 Å². The maximum Gasteiger partial charge on any atom is 3.00 e. The Morgan fingerprint density at radius 2 is 1.30 bits per heavy atom. The number of rotatable bonds is 8. The van der Waals surface area contributed by atoms with Crippen LogP contribution in [-0.4, -0.2) is 32.6 Å². The molecular weight excluding hydrogens is 838 g/mol. The topological polar surface area (TPSA) is 300 Å². The summed E-state index contributed by atoms with van der Waals surface area (Å²) in [6.07, 6.45) is 0. The number of aromatic nitrogens is 2. The van der Waals surface area contributed by atoms with Crippen LogP contribution in [0, 0.1) is 27.2 Å². The molecule has 0 bridgehead atoms. The van der Waals surface area contributed by atoms with Gasteiger partial charge in [-0.3, -0.25) is 24.8 Å². The SMILES string of the molecule is Cc1nn(-c2ccccc2Cl)c([O-])c1N=Nc1cc([N+](=O)[O-])ccc1[O-].O=[N+]([O-])c1cc(N=Nc2c([O-])ccc3ccccc23)c([O-])c(S(=O)(=O)O)c1.[Cr+3].[Na+].[Na+]. The third kappa shape index (κ3) is 10.9. The predicted octanol–water partition coefficient (Wildman–Crippen LogP) is -0.132. The van der Waals surface area contributed by atoms with Crippen LogP contribution < -0.4 is 79.5 Å². The molecule has 0 amide bonds. The van der Waals surface area contributed by atoms with Crippen molar-refractivity contribution in [1.82, 2.24) is 9.78 Å². The van der Waals surface area contributed by atoms with Crippen LogP contribution in [0.5, 0.6) is 23.1 Å². The molecule has 6 rings (SSSR count). The van der Waals surface area contributed by atoms with Crippen molar-refractivity contribution in [1.29, 1.82) is 0 Å². The van der Waals surface area contributed by atoms with Gasteiger partial charge in [0.2, 0.25) is 0 Å². The minimum atomic E-state index is -5.02. The Morgan fingerprint density at radius 3 is 1.95 bits per heavy atom. The second-order valence-corrected chi connectivity index (χ2v) is 12.4. The van der Waals surface area contributed by atoms with E-state index in [-0.39, 0.29) is 105 Å². The van der Waals surface area contributed by atoms with Gasteiger partial charge in [-0.25, -0.2) is 4.68 Å². The Hall–Kier alpha value is -4.50. The minimum Gasteiger partial charge on any atom is -0.871 e. The zero-order valence-corrected chi connectivity index (χ0v) is 35.8. The van der Waals surface area contributed by atoms with Crippen molar-refractivity contribution in [2.24, 2.45) is 20.5 Å². The van der Waals surface area contributed by atoms with Gasteiger partial charge in [0.05, 0.1) is 48.2 Å². The zero-order valence-electron chi connectivity index (χ0n) is 29.0. The van der Waals surface area contributed by atoms with Crippen molar-refractivity contribution in [3.8, 4) is 28.8 Å². The molecule has 0 unspecified atom stereocenters. The molecule has 273 valence electrons. The molecule has 6 aromatic rings. The maximum atomic E-state index is 12.5. The number of nitro benzene ring substituents is 2. The number of aryl methyl sites for hydroxylation is 1. The van der Waals surface area contributed by atoms with E-state index in [0.29, 0.717) is 33.6 Å². The first-order valence-electron chi connectivity index (χ1n) is 14.5. The number of hydrogen-bond donors (Lipinski definition) is 1. The van der Waals surface area contributed by atoms with E-state index in [1.807, 2.05) is 0 Å². The van der Waals surface area contributed by atoms with Crippen LogP contribution in [-0.2, 0) is 27.5 Å². The van der Waals surface area contributed by atoms with Gasteiger partial charge in [0.15, 0.2) is 0 Å². The monoisotopic (exact) mass is 856 g/mol. The van der Waals surface area contributed by atoms with Crippen molar-refractivity contribution in [3.63, 3.8) is 0 Å². The number of benzene rings is 5. The molecular formula is C32H19ClCrN8Na2O11S+. The van der Waals surface area contributed by atoms with Gasteiger partial charge in [-0.1, -0.05) is 83.4 Å². The second-order valence-electron chi connectivity index (χ2n) is 10.6. The summed E-state index contributed by atoms with van der Waals surface area (Å²) < 4.78 is 32.8. The van der Waals surface area contributed by atoms with Crippen LogP contribution in [0.15, 0.2) is 116 Å². The van der Waals surface area contributed by atoms with Crippen molar-refractivity contribution < 1.29 is 120 Å². The normalized spacial score (nSPS) is 10.9. The first-order valence-corrected chi connectivity index (χ1v) is 16.3. The van der Waals surface area contributed by atoms with E-state index in [1.54, 1.807) is 61.5 Å². The Labute approximate surface area is 375 Å². The van der Waals surface area contributed by atoms with Crippen LogP contribution in [0.3, 0.4) is 0 Å². The average molecular weight is 857 g/mol. The van der Waals surface area contributed by atoms with E-state index < -0.39 is 59.4 Å². The van der Waals surface area contributed by atoms with Gasteiger partial charge < -0.3 is 20.4 Å². The molecule has 0 fully saturated rings. The summed E-state index contributed by atoms with van der Waals surface area (Å²) >= 11 is 6.07. The molecule has 0 spiro atoms. The van der Waals surface area contributed by atoms with E-state index in [2.05, 4.69) is 25.6 Å². The molecule has 1 radical (unpaired) electrons. The van der Waals surface area contributed by atoms with Gasteiger partial charge in [-0.2, -0.15) is 28.9 Å². The van der Waals surface area contributed by atoms with Crippen molar-refractivity contribution in [3.05, 3.63) is 122 Å². The summed E-state index contributed by atoms with van der Waals surface area (Å²) in [6.45, 7) is 1.55. The Kier molecular flexibility index (Phi) is 17.1. The number of nitro groups is 2. The number of non-ortho nitro benzene ring substituents is 2. The number of halogens is 1. The average Bonchev–Trinajstić information content (AvgIpc) is 3.39. The first kappa shape index (κ1) is 47.7. The van der Waals surface area contributed by atoms with Gasteiger partial charge in [-0.15, -0.1) is 5.11 Å². The van der Waals surface area contributed by atoms with Crippen LogP contribution in [0.25, 0.3) is 16.5 Å². The smallest absolute Gasteiger partial charge is 0.871 e. The van der Waals surface area contributed by atoms with Gasteiger partial charge in [-0.05, 0) is 24.4 Å². The third-order valence-corrected chi connectivity index (χ3v) is 8.29. The Morgan fingerprint density at radius 1 is 0.732 bits per heavy atom. The number of fused-ring (bicyclic) bond motifs is 1. The van der Waals surface area contributed by atoms with E-state index in [0.717, 1.165) is 22.9 Å². The quantitative estimate of drug-likeness (QED) is 0.0688. The largest absolute Gasteiger partial charge is 3.00 e. The van der Waals surface area contributed by atoms with Crippen LogP contribution in [0.2, 0.25) is 5.02 Å². The molecule has 19 nitrogen and oxygen atoms in total. The fraction of sp³-hybridized carbons (Fsp3) is 0.0312. The van der Waals surface area contributed by atoms with E-state index in [1.165, 1.54) is 6.07 Å². The van der Waals surface area contributed by atoms with E-state index in [9.17, 15) is 49.1 Å². The van der Waals surface area contributed by atoms with E-state index in [4.69, 9.17) is 16.2 Å². The molecule has 0 aliphatic carbocycles. The molecule has 56 heavy (non-hydrogen) atoms. The summed E-state index contributed by atoms with van der Waals surface area (Å²) in [4.78, 5) is 18.9. The van der Waals surface area contributed by atoms with Crippen molar-refractivity contribution >= 4 is 66.6 Å². The number of nitrogens with zero attached hydrogens (tertiary/aromatic N) is 8. The van der Waals surface area contributed by atoms with Gasteiger partial charge in [0.25, 0.3) is 21.5 Å². The molecule has 1 heterocycles. The fourth-order valence-corrected chi connectivity index (χ4v) is 5.41. The molecule has 5 aromatic carbocycles. The number of azo groups is 2. The summed E-state index contributed by atoms with van der Waals surface area (Å²) in [5, 5.41) is 90.5.